The Kier molecular flexibility index (Phi) is 4.36. The van der Waals surface area contributed by atoms with Gasteiger partial charge >= 0.3 is 0 Å². The number of nitrogens with one attached hydrogen (secondary N) is 3. The summed E-state index contributed by atoms with van der Waals surface area (Å²) in [5.41, 5.74) is 7.88. The van der Waals surface area contributed by atoms with Gasteiger partial charge < -0.3 is 10.1 Å². The van der Waals surface area contributed by atoms with Crippen LogP contribution < -0.4 is 20.9 Å². The van der Waals surface area contributed by atoms with Gasteiger partial charge in [-0.1, -0.05) is 18.2 Å². The Morgan fingerprint density at radius 3 is 2.94 bits per heavy atom. The number of hydrogen-bond acceptors (Lipinski definition) is 4. The molecule has 0 amide bonds. The molecule has 1 aliphatic rings. The molecule has 2 unspecified atom stereocenters. The fraction of sp³-hybridized carbons (Fsp3) is 0.538. The Morgan fingerprint density at radius 2 is 2.18 bits per heavy atom. The Balaban J connectivity index is 2.07. The maximum absolute atomic E-state index is 5.66. The average molecular weight is 235 g/mol. The van der Waals surface area contributed by atoms with Gasteiger partial charge in [-0.05, 0) is 26.5 Å². The van der Waals surface area contributed by atoms with Crippen LogP contribution in [0.5, 0.6) is 5.75 Å². The molecule has 1 fully saturated rings. The number of rotatable bonds is 5. The lowest BCUT2D eigenvalue weighted by Gasteiger charge is -2.15. The van der Waals surface area contributed by atoms with Gasteiger partial charge in [-0.3, -0.25) is 5.43 Å². The summed E-state index contributed by atoms with van der Waals surface area (Å²) < 4.78 is 5.66. The van der Waals surface area contributed by atoms with Gasteiger partial charge in [-0.15, -0.1) is 0 Å². The summed E-state index contributed by atoms with van der Waals surface area (Å²) in [4.78, 5) is 0. The van der Waals surface area contributed by atoms with Crippen molar-refractivity contribution in [3.63, 3.8) is 0 Å². The largest absolute Gasteiger partial charge is 0.494 e. The first-order chi connectivity index (χ1) is 8.35. The zero-order valence-corrected chi connectivity index (χ0v) is 10.5. The molecule has 1 heterocycles. The number of hydrogen-bond donors (Lipinski definition) is 3. The minimum Gasteiger partial charge on any atom is -0.494 e. The van der Waals surface area contributed by atoms with E-state index in [1.807, 2.05) is 26.1 Å². The molecular formula is C13H21N3O. The molecule has 0 saturated carbocycles. The smallest absolute Gasteiger partial charge is 0.124 e. The predicted octanol–water partition coefficient (Wildman–Crippen LogP) is 1.21. The van der Waals surface area contributed by atoms with Crippen molar-refractivity contribution in [3.05, 3.63) is 29.8 Å². The summed E-state index contributed by atoms with van der Waals surface area (Å²) in [5.74, 6) is 0.986. The maximum atomic E-state index is 5.66. The molecule has 0 radical (unpaired) electrons. The molecule has 0 aromatic heterocycles. The molecule has 4 heteroatoms. The molecule has 17 heavy (non-hydrogen) atoms. The molecule has 2 atom stereocenters. The first kappa shape index (κ1) is 12.4. The van der Waals surface area contributed by atoms with Gasteiger partial charge in [0.2, 0.25) is 0 Å². The van der Waals surface area contributed by atoms with Gasteiger partial charge in [0.05, 0.1) is 12.6 Å². The lowest BCUT2D eigenvalue weighted by atomic mass is 10.0. The van der Waals surface area contributed by atoms with Gasteiger partial charge in [0.25, 0.3) is 0 Å². The molecule has 1 aliphatic heterocycles. The molecule has 1 saturated heterocycles. The van der Waals surface area contributed by atoms with Gasteiger partial charge in [-0.2, -0.15) is 0 Å². The van der Waals surface area contributed by atoms with Crippen LogP contribution in [0.25, 0.3) is 0 Å². The summed E-state index contributed by atoms with van der Waals surface area (Å²) in [6.07, 6.45) is 1.07. The van der Waals surface area contributed by atoms with Crippen LogP contribution >= 0.6 is 0 Å². The van der Waals surface area contributed by atoms with E-state index in [9.17, 15) is 0 Å². The zero-order chi connectivity index (χ0) is 12.1. The number of hydrazine groups is 1. The Morgan fingerprint density at radius 1 is 1.35 bits per heavy atom. The standard InChI is InChI=1S/C13H21N3O/c1-3-17-13-7-5-4-6-11(13)12-8-10(9-14-2)15-16-12/h4-7,10,12,14-16H,3,8-9H2,1-2H3. The van der Waals surface area contributed by atoms with Crippen molar-refractivity contribution in [1.82, 2.24) is 16.2 Å². The SMILES string of the molecule is CCOc1ccccc1C1CC(CNC)NN1. The first-order valence-corrected chi connectivity index (χ1v) is 6.22. The summed E-state index contributed by atoms with van der Waals surface area (Å²) in [7, 11) is 1.98. The van der Waals surface area contributed by atoms with Crippen molar-refractivity contribution in [2.24, 2.45) is 0 Å². The van der Waals surface area contributed by atoms with Crippen LogP contribution in [-0.4, -0.2) is 26.2 Å². The lowest BCUT2D eigenvalue weighted by Crippen LogP contribution is -2.36. The number of ether oxygens (including phenoxy) is 1. The number of likely N-dealkylation sites (N-methyl/N-ethyl adjacent to an activating group) is 1. The van der Waals surface area contributed by atoms with Gasteiger partial charge in [0.1, 0.15) is 5.75 Å². The van der Waals surface area contributed by atoms with Crippen molar-refractivity contribution in [2.45, 2.75) is 25.4 Å². The van der Waals surface area contributed by atoms with Crippen molar-refractivity contribution in [2.75, 3.05) is 20.2 Å². The van der Waals surface area contributed by atoms with Crippen LogP contribution in [0.4, 0.5) is 0 Å². The van der Waals surface area contributed by atoms with Crippen molar-refractivity contribution in [1.29, 1.82) is 0 Å². The quantitative estimate of drug-likeness (QED) is 0.718. The second-order valence-electron chi connectivity index (χ2n) is 4.30. The Hall–Kier alpha value is -1.10. The van der Waals surface area contributed by atoms with Gasteiger partial charge in [0, 0.05) is 18.2 Å². The van der Waals surface area contributed by atoms with E-state index in [1.165, 1.54) is 5.56 Å². The predicted molar refractivity (Wildman–Crippen MR) is 69.0 cm³/mol. The first-order valence-electron chi connectivity index (χ1n) is 6.22. The maximum Gasteiger partial charge on any atom is 0.124 e. The third kappa shape index (κ3) is 2.97. The average Bonchev–Trinajstić information content (AvgIpc) is 2.79. The van der Waals surface area contributed by atoms with E-state index in [0.29, 0.717) is 18.7 Å². The van der Waals surface area contributed by atoms with E-state index < -0.39 is 0 Å². The van der Waals surface area contributed by atoms with E-state index in [1.54, 1.807) is 0 Å². The number of benzene rings is 1. The third-order valence-electron chi connectivity index (χ3n) is 3.03. The van der Waals surface area contributed by atoms with Crippen LogP contribution in [0.1, 0.15) is 24.9 Å². The highest BCUT2D eigenvalue weighted by atomic mass is 16.5. The van der Waals surface area contributed by atoms with Crippen molar-refractivity contribution >= 4 is 0 Å². The summed E-state index contributed by atoms with van der Waals surface area (Å²) >= 11 is 0. The molecule has 3 N–H and O–H groups in total. The van der Waals surface area contributed by atoms with Crippen LogP contribution in [0.2, 0.25) is 0 Å². The van der Waals surface area contributed by atoms with Crippen molar-refractivity contribution < 1.29 is 4.74 Å². The Bertz CT molecular complexity index is 356. The number of para-hydroxylation sites is 1. The normalized spacial score (nSPS) is 23.9. The third-order valence-corrected chi connectivity index (χ3v) is 3.03. The molecule has 1 aromatic carbocycles. The second-order valence-corrected chi connectivity index (χ2v) is 4.30. The molecular weight excluding hydrogens is 214 g/mol. The molecule has 0 spiro atoms. The molecule has 1 aromatic rings. The van der Waals surface area contributed by atoms with Crippen LogP contribution in [0.3, 0.4) is 0 Å². The van der Waals surface area contributed by atoms with E-state index in [4.69, 9.17) is 4.74 Å². The monoisotopic (exact) mass is 235 g/mol. The molecule has 94 valence electrons. The molecule has 0 bridgehead atoms. The molecule has 2 rings (SSSR count). The van der Waals surface area contributed by atoms with Gasteiger partial charge in [-0.25, -0.2) is 5.43 Å². The van der Waals surface area contributed by atoms with E-state index in [0.717, 1.165) is 18.7 Å². The minimum atomic E-state index is 0.330. The highest BCUT2D eigenvalue weighted by Gasteiger charge is 2.26. The summed E-state index contributed by atoms with van der Waals surface area (Å²) in [6, 6.07) is 9.04. The van der Waals surface area contributed by atoms with Crippen LogP contribution in [-0.2, 0) is 0 Å². The fourth-order valence-corrected chi connectivity index (χ4v) is 2.26. The van der Waals surface area contributed by atoms with E-state index in [-0.39, 0.29) is 0 Å². The topological polar surface area (TPSA) is 45.3 Å². The lowest BCUT2D eigenvalue weighted by molar-refractivity contribution is 0.332. The van der Waals surface area contributed by atoms with Gasteiger partial charge in [0.15, 0.2) is 0 Å². The summed E-state index contributed by atoms with van der Waals surface area (Å²) in [6.45, 7) is 3.69. The van der Waals surface area contributed by atoms with Crippen molar-refractivity contribution in [3.8, 4) is 5.75 Å². The summed E-state index contributed by atoms with van der Waals surface area (Å²) in [5, 5.41) is 3.19. The highest BCUT2D eigenvalue weighted by Crippen LogP contribution is 2.29. The van der Waals surface area contributed by atoms with Crippen LogP contribution in [0.15, 0.2) is 24.3 Å². The molecule has 4 nitrogen and oxygen atoms in total. The van der Waals surface area contributed by atoms with E-state index in [2.05, 4.69) is 28.3 Å². The zero-order valence-electron chi connectivity index (χ0n) is 10.5. The highest BCUT2D eigenvalue weighted by molar-refractivity contribution is 5.36. The minimum absolute atomic E-state index is 0.330. The second kappa shape index (κ2) is 6.00. The fourth-order valence-electron chi connectivity index (χ4n) is 2.26. The van der Waals surface area contributed by atoms with E-state index >= 15 is 0 Å². The van der Waals surface area contributed by atoms with Crippen LogP contribution in [0, 0.1) is 0 Å². The Labute approximate surface area is 103 Å². The molecule has 0 aliphatic carbocycles.